The molecule has 0 N–H and O–H groups in total. The summed E-state index contributed by atoms with van der Waals surface area (Å²) < 4.78 is 23.9. The van der Waals surface area contributed by atoms with Crippen LogP contribution in [0.3, 0.4) is 0 Å². The van der Waals surface area contributed by atoms with Crippen LogP contribution in [0.1, 0.15) is 105 Å². The molecule has 0 heterocycles. The van der Waals surface area contributed by atoms with Crippen molar-refractivity contribution in [3.05, 3.63) is 0 Å². The van der Waals surface area contributed by atoms with Crippen molar-refractivity contribution in [2.45, 2.75) is 115 Å². The molecule has 144 valence electrons. The van der Waals surface area contributed by atoms with Gasteiger partial charge in [0.15, 0.2) is 10.1 Å². The molecule has 0 aliphatic rings. The van der Waals surface area contributed by atoms with Crippen molar-refractivity contribution in [1.29, 1.82) is 0 Å². The lowest BCUT2D eigenvalue weighted by molar-refractivity contribution is 0.0273. The van der Waals surface area contributed by atoms with Crippen LogP contribution in [-0.2, 0) is 13.3 Å². The fourth-order valence-corrected chi connectivity index (χ4v) is 4.50. The topological polar surface area (TPSA) is 35.5 Å². The molecule has 0 unspecified atom stereocenters. The lowest BCUT2D eigenvalue weighted by atomic mass is 10.1. The molecule has 0 aromatic carbocycles. The first-order valence-electron chi connectivity index (χ1n) is 9.64. The Balaban J connectivity index is 4.78. The van der Waals surface area contributed by atoms with Crippen LogP contribution in [0.4, 0.5) is 0 Å². The molecular formula is C18H36Cl2O3Si. The van der Waals surface area contributed by atoms with Gasteiger partial charge in [-0.05, 0) is 25.7 Å². The summed E-state index contributed by atoms with van der Waals surface area (Å²) in [5, 5.41) is -1.79. The first kappa shape index (κ1) is 24.2. The van der Waals surface area contributed by atoms with Gasteiger partial charge in [-0.25, -0.2) is 0 Å². The molecule has 0 aromatic rings. The van der Waals surface area contributed by atoms with Gasteiger partial charge >= 0.3 is 9.17 Å². The Morgan fingerprint density at radius 1 is 0.667 bits per heavy atom. The SMILES string of the molecule is CCCCC(Cl)(CCCC)O[Si](=O)OC(Cl)(CCCC)CCCC. The van der Waals surface area contributed by atoms with Gasteiger partial charge in [0.2, 0.25) is 0 Å². The van der Waals surface area contributed by atoms with Crippen LogP contribution in [0.5, 0.6) is 0 Å². The maximum absolute atomic E-state index is 12.5. The largest absolute Gasteiger partial charge is 0.769 e. The number of rotatable bonds is 16. The Labute approximate surface area is 160 Å². The van der Waals surface area contributed by atoms with Gasteiger partial charge in [0.1, 0.15) is 0 Å². The summed E-state index contributed by atoms with van der Waals surface area (Å²) in [6.45, 7) is 8.43. The molecule has 0 spiro atoms. The summed E-state index contributed by atoms with van der Waals surface area (Å²) in [7, 11) is -2.74. The Hall–Kier alpha value is 0.197. The summed E-state index contributed by atoms with van der Waals surface area (Å²) in [5.41, 5.74) is 0. The van der Waals surface area contributed by atoms with E-state index in [9.17, 15) is 4.46 Å². The molecule has 3 nitrogen and oxygen atoms in total. The van der Waals surface area contributed by atoms with Crippen molar-refractivity contribution < 1.29 is 13.3 Å². The van der Waals surface area contributed by atoms with E-state index in [1.807, 2.05) is 0 Å². The van der Waals surface area contributed by atoms with E-state index in [1.54, 1.807) is 0 Å². The van der Waals surface area contributed by atoms with Gasteiger partial charge in [0, 0.05) is 25.7 Å². The van der Waals surface area contributed by atoms with Crippen LogP contribution in [0.15, 0.2) is 0 Å². The highest BCUT2D eigenvalue weighted by Gasteiger charge is 2.38. The smallest absolute Gasteiger partial charge is 0.477 e. The Morgan fingerprint density at radius 2 is 0.917 bits per heavy atom. The second-order valence-corrected chi connectivity index (χ2v) is 8.92. The number of hydrogen-bond donors (Lipinski definition) is 0. The van der Waals surface area contributed by atoms with Gasteiger partial charge in [-0.2, -0.15) is 0 Å². The summed E-state index contributed by atoms with van der Waals surface area (Å²) >= 11 is 13.2. The molecule has 0 fully saturated rings. The average Bonchev–Trinajstić information content (AvgIpc) is 2.54. The fourth-order valence-electron chi connectivity index (χ4n) is 2.54. The van der Waals surface area contributed by atoms with Crippen LogP contribution in [0, 0.1) is 0 Å². The van der Waals surface area contributed by atoms with E-state index >= 15 is 0 Å². The molecule has 0 rings (SSSR count). The van der Waals surface area contributed by atoms with Crippen LogP contribution in [0.2, 0.25) is 0 Å². The van der Waals surface area contributed by atoms with Crippen LogP contribution in [-0.4, -0.2) is 19.3 Å². The summed E-state index contributed by atoms with van der Waals surface area (Å²) in [6, 6.07) is 0. The summed E-state index contributed by atoms with van der Waals surface area (Å²) in [5.74, 6) is 0. The molecule has 0 saturated carbocycles. The second kappa shape index (κ2) is 13.4. The molecule has 0 atom stereocenters. The van der Waals surface area contributed by atoms with Gasteiger partial charge < -0.3 is 8.85 Å². The molecule has 0 aromatic heterocycles. The van der Waals surface area contributed by atoms with E-state index in [2.05, 4.69) is 27.7 Å². The zero-order valence-electron chi connectivity index (χ0n) is 16.0. The van der Waals surface area contributed by atoms with E-state index in [1.165, 1.54) is 0 Å². The van der Waals surface area contributed by atoms with E-state index in [4.69, 9.17) is 32.1 Å². The quantitative estimate of drug-likeness (QED) is 0.206. The minimum atomic E-state index is -2.74. The third-order valence-corrected chi connectivity index (χ3v) is 6.43. The average molecular weight is 399 g/mol. The maximum atomic E-state index is 12.5. The number of unbranched alkanes of at least 4 members (excludes halogenated alkanes) is 4. The third kappa shape index (κ3) is 10.9. The van der Waals surface area contributed by atoms with Gasteiger partial charge in [-0.1, -0.05) is 76.6 Å². The molecular weight excluding hydrogens is 363 g/mol. The van der Waals surface area contributed by atoms with E-state index in [-0.39, 0.29) is 0 Å². The number of alkyl halides is 2. The minimum absolute atomic E-state index is 0.685. The lowest BCUT2D eigenvalue weighted by Gasteiger charge is -2.31. The van der Waals surface area contributed by atoms with Crippen molar-refractivity contribution >= 4 is 32.4 Å². The molecule has 0 radical (unpaired) electrons. The monoisotopic (exact) mass is 398 g/mol. The maximum Gasteiger partial charge on any atom is 0.769 e. The Kier molecular flexibility index (Phi) is 13.5. The molecule has 0 aliphatic heterocycles. The van der Waals surface area contributed by atoms with Crippen LogP contribution < -0.4 is 0 Å². The molecule has 0 aliphatic carbocycles. The fraction of sp³-hybridized carbons (Fsp3) is 1.00. The highest BCUT2D eigenvalue weighted by molar-refractivity contribution is 6.33. The zero-order valence-corrected chi connectivity index (χ0v) is 18.5. The number of halogens is 2. The standard InChI is InChI=1S/C18H36Cl2O3Si/c1-5-9-13-17(19,14-10-6-2)22-24(21)23-18(20,15-11-7-3)16-12-8-4/h5-16H2,1-4H3. The Bertz CT molecular complexity index is 294. The summed E-state index contributed by atoms with van der Waals surface area (Å²) in [6.07, 6.45) is 10.6. The van der Waals surface area contributed by atoms with Gasteiger partial charge in [-0.15, -0.1) is 0 Å². The third-order valence-electron chi connectivity index (χ3n) is 4.15. The Morgan fingerprint density at radius 3 is 1.12 bits per heavy atom. The van der Waals surface area contributed by atoms with Crippen molar-refractivity contribution in [2.75, 3.05) is 0 Å². The second-order valence-electron chi connectivity index (χ2n) is 6.63. The van der Waals surface area contributed by atoms with E-state index in [0.717, 1.165) is 51.4 Å². The lowest BCUT2D eigenvalue weighted by Crippen LogP contribution is -2.37. The highest BCUT2D eigenvalue weighted by atomic mass is 35.5. The van der Waals surface area contributed by atoms with Gasteiger partial charge in [0.25, 0.3) is 0 Å². The minimum Gasteiger partial charge on any atom is -0.477 e. The molecule has 0 bridgehead atoms. The normalized spacial score (nSPS) is 12.2. The van der Waals surface area contributed by atoms with Crippen LogP contribution in [0.25, 0.3) is 0 Å². The highest BCUT2D eigenvalue weighted by Crippen LogP contribution is 2.34. The molecule has 0 saturated heterocycles. The molecule has 0 amide bonds. The molecule has 6 heteroatoms. The van der Waals surface area contributed by atoms with Gasteiger partial charge in [-0.3, -0.25) is 4.46 Å². The van der Waals surface area contributed by atoms with Crippen molar-refractivity contribution in [2.24, 2.45) is 0 Å². The molecule has 24 heavy (non-hydrogen) atoms. The van der Waals surface area contributed by atoms with E-state index in [0.29, 0.717) is 25.7 Å². The van der Waals surface area contributed by atoms with Crippen molar-refractivity contribution in [3.63, 3.8) is 0 Å². The predicted molar refractivity (Wildman–Crippen MR) is 104 cm³/mol. The number of hydrogen-bond acceptors (Lipinski definition) is 3. The zero-order chi connectivity index (χ0) is 18.5. The van der Waals surface area contributed by atoms with Crippen molar-refractivity contribution in [1.82, 2.24) is 0 Å². The predicted octanol–water partition coefficient (Wildman–Crippen LogP) is 7.07. The summed E-state index contributed by atoms with van der Waals surface area (Å²) in [4.78, 5) is 0. The van der Waals surface area contributed by atoms with Crippen LogP contribution >= 0.6 is 23.2 Å². The van der Waals surface area contributed by atoms with Crippen molar-refractivity contribution in [3.8, 4) is 0 Å². The van der Waals surface area contributed by atoms with Gasteiger partial charge in [0.05, 0.1) is 0 Å². The first-order chi connectivity index (χ1) is 11.3. The van der Waals surface area contributed by atoms with E-state index < -0.39 is 19.3 Å². The first-order valence-corrected chi connectivity index (χ1v) is 11.6.